The number of carboxylic acid groups (broad SMARTS) is 1. The minimum absolute atomic E-state index is 0.0720. The Hall–Kier alpha value is -6.68. The van der Waals surface area contributed by atoms with Crippen molar-refractivity contribution in [3.05, 3.63) is 0 Å². The van der Waals surface area contributed by atoms with E-state index in [9.17, 15) is 83.1 Å². The number of carboxylic acids is 1. The second-order valence-electron chi connectivity index (χ2n) is 19.4. The summed E-state index contributed by atoms with van der Waals surface area (Å²) in [5, 5.41) is 70.8. The highest BCUT2D eigenvalue weighted by Crippen LogP contribution is 2.12. The van der Waals surface area contributed by atoms with Crippen molar-refractivity contribution >= 4 is 70.9 Å². The van der Waals surface area contributed by atoms with Crippen LogP contribution in [0.3, 0.4) is 0 Å². The monoisotopic (exact) mass is 1130 g/mol. The molecule has 0 aliphatic heterocycles. The fourth-order valence-electron chi connectivity index (χ4n) is 7.42. The predicted octanol–water partition coefficient (Wildman–Crippen LogP) is -8.92. The lowest BCUT2D eigenvalue weighted by Crippen LogP contribution is -2.63. The molecule has 0 aromatic heterocycles. The Kier molecular flexibility index (Phi) is 34.8. The Morgan fingerprint density at radius 1 is 0.392 bits per heavy atom. The van der Waals surface area contributed by atoms with Gasteiger partial charge in [0.05, 0.1) is 31.3 Å². The third-order valence-corrected chi connectivity index (χ3v) is 12.0. The first-order chi connectivity index (χ1) is 37.0. The van der Waals surface area contributed by atoms with Gasteiger partial charge in [0.2, 0.25) is 65.0 Å². The van der Waals surface area contributed by atoms with E-state index >= 15 is 0 Å². The molecule has 0 saturated carbocycles. The molecule has 0 aromatic rings. The van der Waals surface area contributed by atoms with Gasteiger partial charge in [-0.3, -0.25) is 52.7 Å². The van der Waals surface area contributed by atoms with Crippen molar-refractivity contribution in [2.45, 2.75) is 190 Å². The lowest BCUT2D eigenvalue weighted by Gasteiger charge is -2.29. The molecule has 0 spiro atoms. The maximum atomic E-state index is 14.1. The van der Waals surface area contributed by atoms with E-state index in [1.807, 2.05) is 5.32 Å². The molecule has 0 radical (unpaired) electrons. The van der Waals surface area contributed by atoms with Crippen molar-refractivity contribution in [2.75, 3.05) is 26.2 Å². The summed E-state index contributed by atoms with van der Waals surface area (Å²) < 4.78 is 0. The molecule has 0 heterocycles. The molecule has 13 atom stereocenters. The minimum Gasteiger partial charge on any atom is -0.480 e. The molecule has 0 saturated heterocycles. The molecule has 11 amide bonds. The lowest BCUT2D eigenvalue weighted by atomic mass is 10.00. The molecule has 0 aromatic carbocycles. The number of aliphatic hydroxyl groups is 4. The Morgan fingerprint density at radius 3 is 1.04 bits per heavy atom. The predicted molar refractivity (Wildman–Crippen MR) is 281 cm³/mol. The Morgan fingerprint density at radius 2 is 0.696 bits per heavy atom. The topological polar surface area (TPSA) is 570 Å². The van der Waals surface area contributed by atoms with Gasteiger partial charge in [-0.15, -0.1) is 0 Å². The molecule has 0 fully saturated rings. The fraction of sp³-hybridized carbons (Fsp3) is 0.745. The van der Waals surface area contributed by atoms with Gasteiger partial charge in [0.15, 0.2) is 6.04 Å². The highest BCUT2D eigenvalue weighted by Gasteiger charge is 2.38. The summed E-state index contributed by atoms with van der Waals surface area (Å²) in [5.41, 5.74) is 33.3. The van der Waals surface area contributed by atoms with Gasteiger partial charge in [0.25, 0.3) is 0 Å². The Bertz CT molecular complexity index is 2030. The van der Waals surface area contributed by atoms with Crippen molar-refractivity contribution in [3.63, 3.8) is 0 Å². The molecule has 79 heavy (non-hydrogen) atoms. The van der Waals surface area contributed by atoms with E-state index in [2.05, 4.69) is 42.5 Å². The van der Waals surface area contributed by atoms with E-state index in [0.717, 1.165) is 20.8 Å². The highest BCUT2D eigenvalue weighted by atomic mass is 16.4. The van der Waals surface area contributed by atoms with Crippen LogP contribution in [0.4, 0.5) is 0 Å². The number of aliphatic hydroxyl groups excluding tert-OH is 4. The van der Waals surface area contributed by atoms with Crippen LogP contribution in [0.2, 0.25) is 0 Å². The van der Waals surface area contributed by atoms with Crippen LogP contribution in [0.25, 0.3) is 0 Å². The number of primary amides is 2. The number of nitrogens with one attached hydrogen (secondary N) is 9. The minimum atomic E-state index is -1.91. The van der Waals surface area contributed by atoms with E-state index in [0.29, 0.717) is 25.7 Å². The van der Waals surface area contributed by atoms with E-state index in [-0.39, 0.29) is 51.7 Å². The van der Waals surface area contributed by atoms with Gasteiger partial charge in [0, 0.05) is 6.42 Å². The van der Waals surface area contributed by atoms with Gasteiger partial charge in [-0.1, -0.05) is 13.8 Å². The summed E-state index contributed by atoms with van der Waals surface area (Å²) in [4.78, 5) is 158. The normalized spacial score (nSPS) is 16.2. The van der Waals surface area contributed by atoms with E-state index in [1.165, 1.54) is 0 Å². The molecule has 26 N–H and O–H groups in total. The van der Waals surface area contributed by atoms with Gasteiger partial charge in [0.1, 0.15) is 54.4 Å². The van der Waals surface area contributed by atoms with Gasteiger partial charge in [-0.05, 0) is 111 Å². The molecule has 32 heteroatoms. The summed E-state index contributed by atoms with van der Waals surface area (Å²) in [6, 6.07) is -16.2. The Labute approximate surface area is 457 Å². The number of carbonyl (C=O) groups excluding carboxylic acids is 11. The van der Waals surface area contributed by atoms with Crippen LogP contribution in [-0.4, -0.2) is 201 Å². The average Bonchev–Trinajstić information content (AvgIpc) is 3.36. The van der Waals surface area contributed by atoms with Crippen LogP contribution in [0, 0.1) is 5.92 Å². The zero-order valence-corrected chi connectivity index (χ0v) is 45.5. The average molecular weight is 1130 g/mol. The third-order valence-electron chi connectivity index (χ3n) is 12.0. The van der Waals surface area contributed by atoms with Crippen LogP contribution in [-0.2, 0) is 57.5 Å². The number of carbonyl (C=O) groups is 12. The number of rotatable bonds is 41. The van der Waals surface area contributed by atoms with Gasteiger partial charge in [-0.25, -0.2) is 4.79 Å². The van der Waals surface area contributed by atoms with Gasteiger partial charge in [-0.2, -0.15) is 0 Å². The third kappa shape index (κ3) is 27.7. The maximum absolute atomic E-state index is 14.1. The van der Waals surface area contributed by atoms with Crippen molar-refractivity contribution in [3.8, 4) is 0 Å². The SMILES string of the molecule is CC(C)[C@H](NC(=O)[C@H](CCCCN)NC(=O)[C@@H](N)CO)C(=O)N[C@@H](CCC(N)=O)C(=O)N[C@@H](CCCCN)C(=O)N[C@H](C(=O)N[C@@H](CCCCN)C(=O)N[C@@H](CC(N)=O)C(=O)N[C@H](C(=O)N[C@H](C(=O)O)[C@@H](C)O)[C@@H](C)O)[C@@H](C)O. The maximum Gasteiger partial charge on any atom is 0.328 e. The second-order valence-corrected chi connectivity index (χ2v) is 19.4. The molecule has 32 nitrogen and oxygen atoms in total. The van der Waals surface area contributed by atoms with Crippen LogP contribution >= 0.6 is 0 Å². The fourth-order valence-corrected chi connectivity index (χ4v) is 7.42. The first-order valence-electron chi connectivity index (χ1n) is 26.0. The number of unbranched alkanes of at least 4 members (excludes halogenated alkanes) is 3. The van der Waals surface area contributed by atoms with Gasteiger partial charge >= 0.3 is 5.97 Å². The number of amides is 11. The summed E-state index contributed by atoms with van der Waals surface area (Å²) >= 11 is 0. The number of hydrogen-bond donors (Lipinski definition) is 20. The Balaban J connectivity index is 6.81. The highest BCUT2D eigenvalue weighted by molar-refractivity contribution is 5.99. The quantitative estimate of drug-likeness (QED) is 0.0253. The van der Waals surface area contributed by atoms with E-state index in [1.54, 1.807) is 13.8 Å². The molecular weight excluding hydrogens is 1050 g/mol. The van der Waals surface area contributed by atoms with Gasteiger partial charge < -0.3 is 108 Å². The summed E-state index contributed by atoms with van der Waals surface area (Å²) in [7, 11) is 0. The van der Waals surface area contributed by atoms with E-state index < -0.39 is 181 Å². The molecule has 0 unspecified atom stereocenters. The number of nitrogens with two attached hydrogens (primary N) is 6. The number of hydrogen-bond acceptors (Lipinski definition) is 20. The molecule has 452 valence electrons. The molecular formula is C47H87N15O17. The van der Waals surface area contributed by atoms with Crippen molar-refractivity contribution in [1.82, 2.24) is 47.9 Å². The van der Waals surface area contributed by atoms with Crippen LogP contribution in [0.15, 0.2) is 0 Å². The van der Waals surface area contributed by atoms with Crippen molar-refractivity contribution in [1.29, 1.82) is 0 Å². The largest absolute Gasteiger partial charge is 0.480 e. The first-order valence-corrected chi connectivity index (χ1v) is 26.0. The molecule has 0 bridgehead atoms. The summed E-state index contributed by atoms with van der Waals surface area (Å²) in [6.45, 7) is 6.17. The molecule has 0 aliphatic rings. The lowest BCUT2D eigenvalue weighted by molar-refractivity contribution is -0.146. The van der Waals surface area contributed by atoms with Crippen LogP contribution in [0.5, 0.6) is 0 Å². The van der Waals surface area contributed by atoms with Crippen molar-refractivity contribution in [2.24, 2.45) is 40.3 Å². The molecule has 0 rings (SSSR count). The second kappa shape index (κ2) is 38.0. The first kappa shape index (κ1) is 72.3. The smallest absolute Gasteiger partial charge is 0.328 e. The number of aliphatic carboxylic acids is 1. The van der Waals surface area contributed by atoms with Crippen LogP contribution in [0.1, 0.15) is 112 Å². The van der Waals surface area contributed by atoms with E-state index in [4.69, 9.17) is 34.4 Å². The zero-order chi connectivity index (χ0) is 60.7. The standard InChI is InChI=1S/C47H87N15O17/c1-22(2)34(59-41(72)28(13-7-10-18-49)54-38(69)26(51)21-63)44(75)57-30(15-16-32(52)67)40(71)55-29(14-8-11-19-50)42(73)60-35(23(3)64)45(76)56-27(12-6-9-17-48)39(70)58-31(20-33(53)68)43(74)61-36(24(4)65)46(77)62-37(25(5)66)47(78)79/h22-31,34-37,63-66H,6-21,48-51H2,1-5H3,(H2,52,67)(H2,53,68)(H,54,69)(H,55,71)(H,56,76)(H,57,75)(H,58,70)(H,59,72)(H,60,73)(H,61,74)(H,62,77)(H,78,79)/t23-,24-,25-,26+,27+,28+,29+,30+,31+,34+,35+,36+,37+/m1/s1. The zero-order valence-electron chi connectivity index (χ0n) is 45.5. The summed E-state index contributed by atoms with van der Waals surface area (Å²) in [6.07, 6.45) is -5.28. The van der Waals surface area contributed by atoms with Crippen LogP contribution < -0.4 is 82.3 Å². The summed E-state index contributed by atoms with van der Waals surface area (Å²) in [5.74, 6) is -13.9. The molecule has 0 aliphatic carbocycles. The van der Waals surface area contributed by atoms with Crippen molar-refractivity contribution < 1.29 is 83.1 Å².